The van der Waals surface area contributed by atoms with Gasteiger partial charge in [0, 0.05) is 24.0 Å². The Kier molecular flexibility index (Phi) is 5.50. The van der Waals surface area contributed by atoms with Gasteiger partial charge in [0.15, 0.2) is 17.3 Å². The second-order valence-corrected chi connectivity index (χ2v) is 7.58. The minimum absolute atomic E-state index is 0.0258. The van der Waals surface area contributed by atoms with Crippen molar-refractivity contribution in [3.8, 4) is 23.2 Å². The molecule has 0 saturated carbocycles. The number of hydrogen-bond acceptors (Lipinski definition) is 7. The number of nitrogens with zero attached hydrogens (tertiary/aromatic N) is 4. The van der Waals surface area contributed by atoms with Gasteiger partial charge in [-0.3, -0.25) is 4.79 Å². The van der Waals surface area contributed by atoms with E-state index in [0.717, 1.165) is 16.8 Å². The maximum Gasteiger partial charge on any atom is 0.233 e. The van der Waals surface area contributed by atoms with Gasteiger partial charge in [0.1, 0.15) is 5.82 Å². The fourth-order valence-electron chi connectivity index (χ4n) is 3.78. The largest absolute Gasteiger partial charge is 0.493 e. The summed E-state index contributed by atoms with van der Waals surface area (Å²) in [6, 6.07) is 9.22. The second kappa shape index (κ2) is 8.25. The van der Waals surface area contributed by atoms with E-state index >= 15 is 0 Å². The number of carbonyl (C=O) groups excluding carboxylic acids is 1. The molecule has 3 heterocycles. The van der Waals surface area contributed by atoms with E-state index in [1.54, 1.807) is 23.9 Å². The van der Waals surface area contributed by atoms with Crippen LogP contribution in [0.5, 0.6) is 17.4 Å². The predicted octanol–water partition coefficient (Wildman–Crippen LogP) is 3.25. The molecule has 0 fully saturated rings. The first-order valence-corrected chi connectivity index (χ1v) is 10.0. The number of nitrogens with one attached hydrogen (secondary N) is 1. The van der Waals surface area contributed by atoms with E-state index in [-0.39, 0.29) is 17.9 Å². The number of ether oxygens (including phenoxy) is 3. The highest BCUT2D eigenvalue weighted by molar-refractivity contribution is 5.95. The molecule has 3 aromatic rings. The van der Waals surface area contributed by atoms with Crippen molar-refractivity contribution in [2.45, 2.75) is 39.2 Å². The van der Waals surface area contributed by atoms with Crippen LogP contribution in [0.4, 0.5) is 5.82 Å². The number of aromatic nitrogens is 4. The van der Waals surface area contributed by atoms with Crippen LogP contribution < -0.4 is 19.5 Å². The lowest BCUT2D eigenvalue weighted by atomic mass is 9.85. The molecule has 9 heteroatoms. The molecule has 2 aromatic heterocycles. The molecule has 9 nitrogen and oxygen atoms in total. The number of aryl methyl sites for hydroxylation is 1. The highest BCUT2D eigenvalue weighted by Gasteiger charge is 2.33. The summed E-state index contributed by atoms with van der Waals surface area (Å²) in [5, 5.41) is 15.8. The number of benzene rings is 1. The zero-order chi connectivity index (χ0) is 22.1. The molecule has 31 heavy (non-hydrogen) atoms. The maximum atomic E-state index is 12.6. The van der Waals surface area contributed by atoms with Crippen molar-refractivity contribution in [1.29, 1.82) is 0 Å². The fourth-order valence-corrected chi connectivity index (χ4v) is 3.78. The molecule has 1 atom stereocenters. The summed E-state index contributed by atoms with van der Waals surface area (Å²) in [4.78, 5) is 12.6. The highest BCUT2D eigenvalue weighted by atomic mass is 16.5. The van der Waals surface area contributed by atoms with Crippen LogP contribution in [-0.2, 0) is 4.79 Å². The second-order valence-electron chi connectivity index (χ2n) is 7.58. The van der Waals surface area contributed by atoms with Crippen molar-refractivity contribution in [3.63, 3.8) is 0 Å². The van der Waals surface area contributed by atoms with Crippen LogP contribution in [0.15, 0.2) is 30.3 Å². The van der Waals surface area contributed by atoms with Gasteiger partial charge >= 0.3 is 0 Å². The molecular weight excluding hydrogens is 398 g/mol. The topological polar surface area (TPSA) is 100 Å². The van der Waals surface area contributed by atoms with Gasteiger partial charge in [-0.1, -0.05) is 6.07 Å². The first-order chi connectivity index (χ1) is 14.9. The van der Waals surface area contributed by atoms with E-state index in [4.69, 9.17) is 14.2 Å². The van der Waals surface area contributed by atoms with Crippen molar-refractivity contribution in [2.75, 3.05) is 19.5 Å². The Morgan fingerprint density at radius 3 is 2.55 bits per heavy atom. The molecule has 0 spiro atoms. The van der Waals surface area contributed by atoms with E-state index in [9.17, 15) is 4.79 Å². The Balaban J connectivity index is 1.78. The van der Waals surface area contributed by atoms with Crippen molar-refractivity contribution >= 4 is 11.7 Å². The van der Waals surface area contributed by atoms with E-state index in [2.05, 4.69) is 20.6 Å². The molecule has 1 aromatic carbocycles. The number of anilines is 1. The highest BCUT2D eigenvalue weighted by Crippen LogP contribution is 2.42. The molecular formula is C22H25N5O4. The molecule has 1 N–H and O–H groups in total. The lowest BCUT2D eigenvalue weighted by Gasteiger charge is -2.25. The maximum absolute atomic E-state index is 12.6. The Morgan fingerprint density at radius 2 is 1.90 bits per heavy atom. The third kappa shape index (κ3) is 3.90. The Labute approximate surface area is 180 Å². The minimum atomic E-state index is -0.175. The standard InChI is InChI=1S/C22H25N5O4/c1-12(2)31-16-7-6-14(10-17(16)29-4)15-11-19(28)23-22-21(15)13(3)26-27(22)18-8-9-20(30-5)25-24-18/h6-10,12,15H,11H2,1-5H3,(H,23,28). The van der Waals surface area contributed by atoms with Gasteiger partial charge in [0.05, 0.1) is 26.0 Å². The van der Waals surface area contributed by atoms with Crippen molar-refractivity contribution in [3.05, 3.63) is 47.2 Å². The fraction of sp³-hybridized carbons (Fsp3) is 0.364. The van der Waals surface area contributed by atoms with Crippen LogP contribution in [0.1, 0.15) is 43.0 Å². The van der Waals surface area contributed by atoms with Crippen molar-refractivity contribution in [1.82, 2.24) is 20.0 Å². The van der Waals surface area contributed by atoms with Gasteiger partial charge in [0.25, 0.3) is 0 Å². The zero-order valence-electron chi connectivity index (χ0n) is 18.2. The molecule has 0 radical (unpaired) electrons. The molecule has 0 aliphatic carbocycles. The lowest BCUT2D eigenvalue weighted by Crippen LogP contribution is -2.25. The molecule has 0 saturated heterocycles. The smallest absolute Gasteiger partial charge is 0.233 e. The van der Waals surface area contributed by atoms with Crippen LogP contribution in [0.25, 0.3) is 5.82 Å². The van der Waals surface area contributed by atoms with Crippen LogP contribution in [0, 0.1) is 6.92 Å². The van der Waals surface area contributed by atoms with E-state index in [1.165, 1.54) is 7.11 Å². The summed E-state index contributed by atoms with van der Waals surface area (Å²) in [5.41, 5.74) is 2.70. The summed E-state index contributed by atoms with van der Waals surface area (Å²) in [5.74, 6) is 2.52. The summed E-state index contributed by atoms with van der Waals surface area (Å²) >= 11 is 0. The number of fused-ring (bicyclic) bond motifs is 1. The number of carbonyl (C=O) groups is 1. The predicted molar refractivity (Wildman–Crippen MR) is 114 cm³/mol. The first kappa shape index (κ1) is 20.6. The van der Waals surface area contributed by atoms with Crippen LogP contribution in [-0.4, -0.2) is 46.2 Å². The van der Waals surface area contributed by atoms with E-state index < -0.39 is 0 Å². The molecule has 0 bridgehead atoms. The Hall–Kier alpha value is -3.62. The average Bonchev–Trinajstić information content (AvgIpc) is 3.09. The Morgan fingerprint density at radius 1 is 1.10 bits per heavy atom. The lowest BCUT2D eigenvalue weighted by molar-refractivity contribution is -0.116. The number of rotatable bonds is 6. The molecule has 1 unspecified atom stereocenters. The normalized spacial score (nSPS) is 15.4. The minimum Gasteiger partial charge on any atom is -0.493 e. The van der Waals surface area contributed by atoms with E-state index in [0.29, 0.717) is 35.4 Å². The monoisotopic (exact) mass is 423 g/mol. The number of amides is 1. The summed E-state index contributed by atoms with van der Waals surface area (Å²) in [6.45, 7) is 5.85. The molecule has 1 aliphatic rings. The van der Waals surface area contributed by atoms with E-state index in [1.807, 2.05) is 39.0 Å². The van der Waals surface area contributed by atoms with Gasteiger partial charge in [-0.25, -0.2) is 0 Å². The van der Waals surface area contributed by atoms with Gasteiger partial charge in [-0.2, -0.15) is 9.78 Å². The summed E-state index contributed by atoms with van der Waals surface area (Å²) < 4.78 is 18.1. The van der Waals surface area contributed by atoms with Crippen molar-refractivity contribution < 1.29 is 19.0 Å². The molecule has 4 rings (SSSR count). The number of hydrogen-bond donors (Lipinski definition) is 1. The van der Waals surface area contributed by atoms with Gasteiger partial charge in [-0.15, -0.1) is 10.2 Å². The first-order valence-electron chi connectivity index (χ1n) is 10.0. The van der Waals surface area contributed by atoms with Crippen LogP contribution in [0.3, 0.4) is 0 Å². The summed E-state index contributed by atoms with van der Waals surface area (Å²) in [7, 11) is 3.14. The zero-order valence-corrected chi connectivity index (χ0v) is 18.2. The quantitative estimate of drug-likeness (QED) is 0.649. The third-order valence-electron chi connectivity index (χ3n) is 5.11. The third-order valence-corrected chi connectivity index (χ3v) is 5.11. The molecule has 1 amide bonds. The Bertz CT molecular complexity index is 1110. The SMILES string of the molecule is COc1ccc(-n2nc(C)c3c2NC(=O)CC3c2ccc(OC(C)C)c(OC)c2)nn1. The average molecular weight is 423 g/mol. The molecule has 1 aliphatic heterocycles. The molecule has 162 valence electrons. The van der Waals surface area contributed by atoms with Gasteiger partial charge in [0.2, 0.25) is 11.8 Å². The van der Waals surface area contributed by atoms with Crippen molar-refractivity contribution in [2.24, 2.45) is 0 Å². The van der Waals surface area contributed by atoms with Gasteiger partial charge in [-0.05, 0) is 44.5 Å². The summed E-state index contributed by atoms with van der Waals surface area (Å²) in [6.07, 6.45) is 0.333. The number of methoxy groups -OCH3 is 2. The van der Waals surface area contributed by atoms with Crippen LogP contribution >= 0.6 is 0 Å². The van der Waals surface area contributed by atoms with Gasteiger partial charge < -0.3 is 19.5 Å². The van der Waals surface area contributed by atoms with Crippen LogP contribution in [0.2, 0.25) is 0 Å².